The molecule has 0 aliphatic rings. The van der Waals surface area contributed by atoms with Crippen molar-refractivity contribution in [1.82, 2.24) is 5.43 Å². The number of hydrogen-bond donors (Lipinski definition) is 2. The van der Waals surface area contributed by atoms with Crippen LogP contribution in [0.5, 0.6) is 0 Å². The molecule has 1 atom stereocenters. The number of nitrogens with one attached hydrogen (secondary N) is 1. The largest absolute Gasteiger partial charge is 0.466 e. The van der Waals surface area contributed by atoms with Crippen molar-refractivity contribution in [2.75, 3.05) is 0 Å². The first-order chi connectivity index (χ1) is 7.13. The number of furan rings is 1. The van der Waals surface area contributed by atoms with Crippen LogP contribution in [0, 0.1) is 19.8 Å². The Morgan fingerprint density at radius 3 is 2.27 bits per heavy atom. The third-order valence-electron chi connectivity index (χ3n) is 3.11. The van der Waals surface area contributed by atoms with Gasteiger partial charge in [-0.15, -0.1) is 0 Å². The molecule has 0 spiro atoms. The van der Waals surface area contributed by atoms with Crippen LogP contribution in [-0.2, 0) is 0 Å². The zero-order valence-corrected chi connectivity index (χ0v) is 10.1. The summed E-state index contributed by atoms with van der Waals surface area (Å²) >= 11 is 0. The van der Waals surface area contributed by atoms with Crippen LogP contribution in [-0.4, -0.2) is 0 Å². The summed E-state index contributed by atoms with van der Waals surface area (Å²) in [6, 6.07) is 2.29. The lowest BCUT2D eigenvalue weighted by atomic mass is 9.89. The molecular formula is C12H22N2O. The van der Waals surface area contributed by atoms with Crippen molar-refractivity contribution in [3.05, 3.63) is 23.2 Å². The second kappa shape index (κ2) is 5.33. The van der Waals surface area contributed by atoms with Crippen LogP contribution >= 0.6 is 0 Å². The van der Waals surface area contributed by atoms with E-state index in [1.165, 1.54) is 5.56 Å². The van der Waals surface area contributed by atoms with Gasteiger partial charge in [0, 0.05) is 5.56 Å². The summed E-state index contributed by atoms with van der Waals surface area (Å²) in [6.45, 7) is 8.35. The lowest BCUT2D eigenvalue weighted by molar-refractivity contribution is 0.340. The molecule has 1 unspecified atom stereocenters. The maximum atomic E-state index is 5.64. The van der Waals surface area contributed by atoms with E-state index < -0.39 is 0 Å². The van der Waals surface area contributed by atoms with Crippen molar-refractivity contribution in [1.29, 1.82) is 0 Å². The van der Waals surface area contributed by atoms with E-state index in [9.17, 15) is 0 Å². The van der Waals surface area contributed by atoms with E-state index in [0.29, 0.717) is 5.92 Å². The van der Waals surface area contributed by atoms with E-state index in [0.717, 1.165) is 24.4 Å². The number of nitrogens with two attached hydrogens (primary N) is 1. The molecule has 0 radical (unpaired) electrons. The minimum absolute atomic E-state index is 0.206. The Labute approximate surface area is 92.0 Å². The Kier molecular flexibility index (Phi) is 4.36. The predicted octanol–water partition coefficient (Wildman–Crippen LogP) is 2.84. The molecule has 0 fully saturated rings. The van der Waals surface area contributed by atoms with Crippen LogP contribution in [0.2, 0.25) is 0 Å². The smallest absolute Gasteiger partial charge is 0.105 e. The molecule has 3 N–H and O–H groups in total. The van der Waals surface area contributed by atoms with Gasteiger partial charge < -0.3 is 4.42 Å². The van der Waals surface area contributed by atoms with Crippen LogP contribution in [0.4, 0.5) is 0 Å². The summed E-state index contributed by atoms with van der Waals surface area (Å²) in [4.78, 5) is 0. The van der Waals surface area contributed by atoms with Crippen LogP contribution in [0.1, 0.15) is 49.8 Å². The highest BCUT2D eigenvalue weighted by Gasteiger charge is 2.22. The third-order valence-corrected chi connectivity index (χ3v) is 3.11. The average Bonchev–Trinajstić information content (AvgIpc) is 2.54. The minimum Gasteiger partial charge on any atom is -0.466 e. The number of rotatable bonds is 5. The second-order valence-electron chi connectivity index (χ2n) is 4.09. The van der Waals surface area contributed by atoms with Crippen molar-refractivity contribution in [2.45, 2.75) is 46.6 Å². The maximum absolute atomic E-state index is 5.64. The molecule has 0 aromatic carbocycles. The number of aryl methyl sites for hydroxylation is 2. The molecule has 15 heavy (non-hydrogen) atoms. The lowest BCUT2D eigenvalue weighted by Gasteiger charge is -2.24. The lowest BCUT2D eigenvalue weighted by Crippen LogP contribution is -2.33. The van der Waals surface area contributed by atoms with Gasteiger partial charge in [-0.1, -0.05) is 26.7 Å². The Morgan fingerprint density at radius 1 is 1.33 bits per heavy atom. The molecule has 0 amide bonds. The van der Waals surface area contributed by atoms with E-state index in [1.807, 2.05) is 13.8 Å². The number of hydrazine groups is 1. The highest BCUT2D eigenvalue weighted by Crippen LogP contribution is 2.30. The average molecular weight is 210 g/mol. The third kappa shape index (κ3) is 2.61. The molecule has 0 aliphatic carbocycles. The van der Waals surface area contributed by atoms with Crippen LogP contribution in [0.3, 0.4) is 0 Å². The second-order valence-corrected chi connectivity index (χ2v) is 4.09. The van der Waals surface area contributed by atoms with Crippen molar-refractivity contribution in [2.24, 2.45) is 11.8 Å². The first kappa shape index (κ1) is 12.3. The van der Waals surface area contributed by atoms with E-state index >= 15 is 0 Å². The molecule has 1 aromatic rings. The van der Waals surface area contributed by atoms with Gasteiger partial charge in [-0.2, -0.15) is 0 Å². The fourth-order valence-electron chi connectivity index (χ4n) is 2.20. The maximum Gasteiger partial charge on any atom is 0.105 e. The van der Waals surface area contributed by atoms with Crippen LogP contribution in [0.25, 0.3) is 0 Å². The highest BCUT2D eigenvalue weighted by atomic mass is 16.3. The van der Waals surface area contributed by atoms with Gasteiger partial charge in [-0.25, -0.2) is 0 Å². The van der Waals surface area contributed by atoms with Gasteiger partial charge in [-0.05, 0) is 25.8 Å². The normalized spacial score (nSPS) is 13.5. The summed E-state index contributed by atoms with van der Waals surface area (Å²) in [5.41, 5.74) is 4.11. The first-order valence-corrected chi connectivity index (χ1v) is 5.67. The standard InChI is InChI=1S/C12H22N2O/c1-5-10(6-2)12(14-13)11-7-8(3)15-9(11)4/h7,10,12,14H,5-6,13H2,1-4H3. The van der Waals surface area contributed by atoms with Crippen molar-refractivity contribution < 1.29 is 4.42 Å². The molecular weight excluding hydrogens is 188 g/mol. The topological polar surface area (TPSA) is 51.2 Å². The highest BCUT2D eigenvalue weighted by molar-refractivity contribution is 5.24. The van der Waals surface area contributed by atoms with Gasteiger partial charge in [0.25, 0.3) is 0 Å². The van der Waals surface area contributed by atoms with Gasteiger partial charge in [0.1, 0.15) is 11.5 Å². The monoisotopic (exact) mass is 210 g/mol. The Morgan fingerprint density at radius 2 is 1.93 bits per heavy atom. The van der Waals surface area contributed by atoms with Crippen molar-refractivity contribution in [3.8, 4) is 0 Å². The molecule has 0 bridgehead atoms. The van der Waals surface area contributed by atoms with Crippen LogP contribution in [0.15, 0.2) is 10.5 Å². The molecule has 0 aliphatic heterocycles. The molecule has 0 saturated heterocycles. The summed E-state index contributed by atoms with van der Waals surface area (Å²) in [6.07, 6.45) is 2.24. The predicted molar refractivity (Wildman–Crippen MR) is 62.3 cm³/mol. The van der Waals surface area contributed by atoms with Crippen molar-refractivity contribution in [3.63, 3.8) is 0 Å². The zero-order valence-electron chi connectivity index (χ0n) is 10.1. The molecule has 86 valence electrons. The minimum atomic E-state index is 0.206. The molecule has 3 heteroatoms. The SMILES string of the molecule is CCC(CC)C(NN)c1cc(C)oc1C. The Hall–Kier alpha value is -0.800. The molecule has 1 heterocycles. The number of hydrogen-bond acceptors (Lipinski definition) is 3. The quantitative estimate of drug-likeness (QED) is 0.580. The first-order valence-electron chi connectivity index (χ1n) is 5.67. The molecule has 3 nitrogen and oxygen atoms in total. The van der Waals surface area contributed by atoms with Gasteiger partial charge in [0.2, 0.25) is 0 Å². The Bertz CT molecular complexity index is 303. The summed E-state index contributed by atoms with van der Waals surface area (Å²) in [7, 11) is 0. The molecule has 1 aromatic heterocycles. The summed E-state index contributed by atoms with van der Waals surface area (Å²) < 4.78 is 5.54. The van der Waals surface area contributed by atoms with Gasteiger partial charge >= 0.3 is 0 Å². The fraction of sp³-hybridized carbons (Fsp3) is 0.667. The summed E-state index contributed by atoms with van der Waals surface area (Å²) in [5.74, 6) is 8.13. The molecule has 1 rings (SSSR count). The van der Waals surface area contributed by atoms with Gasteiger partial charge in [0.15, 0.2) is 0 Å². The van der Waals surface area contributed by atoms with E-state index in [4.69, 9.17) is 10.3 Å². The van der Waals surface area contributed by atoms with Crippen molar-refractivity contribution >= 4 is 0 Å². The summed E-state index contributed by atoms with van der Waals surface area (Å²) in [5, 5.41) is 0. The van der Waals surface area contributed by atoms with Crippen LogP contribution < -0.4 is 11.3 Å². The Balaban J connectivity index is 2.95. The van der Waals surface area contributed by atoms with E-state index in [2.05, 4.69) is 25.3 Å². The van der Waals surface area contributed by atoms with Gasteiger partial charge in [0.05, 0.1) is 6.04 Å². The zero-order chi connectivity index (χ0) is 11.4. The van der Waals surface area contributed by atoms with E-state index in [-0.39, 0.29) is 6.04 Å². The van der Waals surface area contributed by atoms with Gasteiger partial charge in [-0.3, -0.25) is 11.3 Å². The fourth-order valence-corrected chi connectivity index (χ4v) is 2.20. The molecule has 0 saturated carbocycles. The van der Waals surface area contributed by atoms with E-state index in [1.54, 1.807) is 0 Å².